The van der Waals surface area contributed by atoms with Gasteiger partial charge in [0.15, 0.2) is 0 Å². The molecule has 1 N–H and O–H groups in total. The Morgan fingerprint density at radius 3 is 2.18 bits per heavy atom. The summed E-state index contributed by atoms with van der Waals surface area (Å²) in [4.78, 5) is 10.3. The first kappa shape index (κ1) is 16.0. The summed E-state index contributed by atoms with van der Waals surface area (Å²) in [7, 11) is 0. The van der Waals surface area contributed by atoms with Gasteiger partial charge in [-0.25, -0.2) is 0 Å². The molecule has 2 nitrogen and oxygen atoms in total. The van der Waals surface area contributed by atoms with Crippen molar-refractivity contribution in [3.8, 4) is 0 Å². The van der Waals surface area contributed by atoms with Gasteiger partial charge in [-0.15, -0.1) is 0 Å². The molecule has 0 aromatic heterocycles. The van der Waals surface area contributed by atoms with Crippen molar-refractivity contribution in [2.45, 2.75) is 64.7 Å². The van der Waals surface area contributed by atoms with Gasteiger partial charge in [-0.05, 0) is 25.7 Å². The number of carboxylic acids is 1. The van der Waals surface area contributed by atoms with Gasteiger partial charge in [-0.1, -0.05) is 56.9 Å². The lowest BCUT2D eigenvalue weighted by molar-refractivity contribution is -0.137. The molecule has 17 heavy (non-hydrogen) atoms. The van der Waals surface area contributed by atoms with E-state index in [1.54, 1.807) is 0 Å². The van der Waals surface area contributed by atoms with E-state index in [2.05, 4.69) is 31.2 Å². The Morgan fingerprint density at radius 1 is 0.941 bits per heavy atom. The van der Waals surface area contributed by atoms with Crippen LogP contribution in [-0.4, -0.2) is 11.1 Å². The fraction of sp³-hybridized carbons (Fsp3) is 0.667. The van der Waals surface area contributed by atoms with Gasteiger partial charge < -0.3 is 5.11 Å². The predicted octanol–water partition coefficient (Wildman–Crippen LogP) is 4.71. The molecule has 0 radical (unpaired) electrons. The number of carboxylic acid groups (broad SMARTS) is 1. The van der Waals surface area contributed by atoms with Crippen LogP contribution in [0.1, 0.15) is 64.7 Å². The van der Waals surface area contributed by atoms with Crippen LogP contribution in [0.25, 0.3) is 0 Å². The molecular formula is C15H26O2. The van der Waals surface area contributed by atoms with Gasteiger partial charge in [0.1, 0.15) is 0 Å². The number of allylic oxidation sites excluding steroid dienone is 4. The van der Waals surface area contributed by atoms with Gasteiger partial charge >= 0.3 is 5.97 Å². The second kappa shape index (κ2) is 13.0. The lowest BCUT2D eigenvalue weighted by Gasteiger charge is -1.97. The lowest BCUT2D eigenvalue weighted by Crippen LogP contribution is -1.93. The van der Waals surface area contributed by atoms with Crippen LogP contribution in [0, 0.1) is 0 Å². The first-order valence-electron chi connectivity index (χ1n) is 6.80. The topological polar surface area (TPSA) is 37.3 Å². The molecule has 2 heteroatoms. The van der Waals surface area contributed by atoms with Crippen molar-refractivity contribution >= 4 is 5.97 Å². The zero-order valence-corrected chi connectivity index (χ0v) is 11.0. The minimum Gasteiger partial charge on any atom is -0.481 e. The average Bonchev–Trinajstić information content (AvgIpc) is 2.30. The van der Waals surface area contributed by atoms with E-state index < -0.39 is 5.97 Å². The maximum atomic E-state index is 10.3. The summed E-state index contributed by atoms with van der Waals surface area (Å²) in [6, 6.07) is 0. The van der Waals surface area contributed by atoms with Crippen LogP contribution in [0.15, 0.2) is 24.3 Å². The number of unbranched alkanes of at least 4 members (excludes halogenated alkanes) is 6. The Kier molecular flexibility index (Phi) is 12.2. The second-order valence-corrected chi connectivity index (χ2v) is 4.35. The van der Waals surface area contributed by atoms with Gasteiger partial charge in [0.05, 0.1) is 0 Å². The van der Waals surface area contributed by atoms with Crippen molar-refractivity contribution in [3.63, 3.8) is 0 Å². The van der Waals surface area contributed by atoms with Gasteiger partial charge in [-0.3, -0.25) is 4.79 Å². The van der Waals surface area contributed by atoms with Crippen molar-refractivity contribution in [2.75, 3.05) is 0 Å². The van der Waals surface area contributed by atoms with E-state index in [1.165, 1.54) is 19.3 Å². The normalized spacial score (nSPS) is 11.6. The molecule has 0 heterocycles. The third-order valence-corrected chi connectivity index (χ3v) is 2.60. The molecule has 0 unspecified atom stereocenters. The molecule has 0 saturated carbocycles. The van der Waals surface area contributed by atoms with E-state index in [-0.39, 0.29) is 0 Å². The number of carbonyl (C=O) groups is 1. The van der Waals surface area contributed by atoms with E-state index in [0.717, 1.165) is 32.1 Å². The Morgan fingerprint density at radius 2 is 1.53 bits per heavy atom. The minimum atomic E-state index is -0.674. The van der Waals surface area contributed by atoms with Crippen LogP contribution in [0.2, 0.25) is 0 Å². The Bertz CT molecular complexity index is 229. The predicted molar refractivity (Wildman–Crippen MR) is 73.1 cm³/mol. The summed E-state index contributed by atoms with van der Waals surface area (Å²) in [6.07, 6.45) is 17.9. The van der Waals surface area contributed by atoms with Crippen molar-refractivity contribution < 1.29 is 9.90 Å². The van der Waals surface area contributed by atoms with Crippen LogP contribution in [0.5, 0.6) is 0 Å². The quantitative estimate of drug-likeness (QED) is 0.418. The molecule has 0 aliphatic carbocycles. The monoisotopic (exact) mass is 238 g/mol. The SMILES string of the molecule is CCC/C=C/C=C/CCCCCCCC(=O)O. The molecule has 0 rings (SSSR count). The first-order chi connectivity index (χ1) is 8.27. The third-order valence-electron chi connectivity index (χ3n) is 2.60. The van der Waals surface area contributed by atoms with E-state index in [4.69, 9.17) is 5.11 Å². The Balaban J connectivity index is 3.15. The summed E-state index contributed by atoms with van der Waals surface area (Å²) >= 11 is 0. The van der Waals surface area contributed by atoms with Crippen molar-refractivity contribution in [2.24, 2.45) is 0 Å². The highest BCUT2D eigenvalue weighted by Crippen LogP contribution is 2.07. The third kappa shape index (κ3) is 14.9. The van der Waals surface area contributed by atoms with E-state index >= 15 is 0 Å². The van der Waals surface area contributed by atoms with Gasteiger partial charge in [0.2, 0.25) is 0 Å². The molecule has 0 aliphatic heterocycles. The van der Waals surface area contributed by atoms with Gasteiger partial charge in [0, 0.05) is 6.42 Å². The van der Waals surface area contributed by atoms with Crippen LogP contribution >= 0.6 is 0 Å². The molecule has 0 aromatic rings. The summed E-state index contributed by atoms with van der Waals surface area (Å²) in [5, 5.41) is 8.46. The molecule has 0 atom stereocenters. The fourth-order valence-corrected chi connectivity index (χ4v) is 1.58. The van der Waals surface area contributed by atoms with Gasteiger partial charge in [-0.2, -0.15) is 0 Å². The number of hydrogen-bond donors (Lipinski definition) is 1. The first-order valence-corrected chi connectivity index (χ1v) is 6.80. The molecule has 0 spiro atoms. The summed E-state index contributed by atoms with van der Waals surface area (Å²) < 4.78 is 0. The number of hydrogen-bond acceptors (Lipinski definition) is 1. The smallest absolute Gasteiger partial charge is 0.303 e. The Hall–Kier alpha value is -1.05. The molecule has 0 aliphatic rings. The van der Waals surface area contributed by atoms with E-state index in [1.807, 2.05) is 0 Å². The maximum absolute atomic E-state index is 10.3. The summed E-state index contributed by atoms with van der Waals surface area (Å²) in [6.45, 7) is 2.18. The van der Waals surface area contributed by atoms with Crippen molar-refractivity contribution in [3.05, 3.63) is 24.3 Å². The van der Waals surface area contributed by atoms with Crippen molar-refractivity contribution in [1.82, 2.24) is 0 Å². The number of rotatable bonds is 11. The zero-order valence-electron chi connectivity index (χ0n) is 11.0. The van der Waals surface area contributed by atoms with Crippen LogP contribution in [0.3, 0.4) is 0 Å². The molecular weight excluding hydrogens is 212 g/mol. The van der Waals surface area contributed by atoms with Gasteiger partial charge in [0.25, 0.3) is 0 Å². The molecule has 0 amide bonds. The lowest BCUT2D eigenvalue weighted by atomic mass is 10.1. The fourth-order valence-electron chi connectivity index (χ4n) is 1.58. The van der Waals surface area contributed by atoms with E-state index in [0.29, 0.717) is 6.42 Å². The largest absolute Gasteiger partial charge is 0.481 e. The summed E-state index contributed by atoms with van der Waals surface area (Å²) in [5.41, 5.74) is 0. The van der Waals surface area contributed by atoms with Crippen LogP contribution < -0.4 is 0 Å². The molecule has 0 fully saturated rings. The van der Waals surface area contributed by atoms with Crippen molar-refractivity contribution in [1.29, 1.82) is 0 Å². The minimum absolute atomic E-state index is 0.322. The highest BCUT2D eigenvalue weighted by molar-refractivity contribution is 5.66. The second-order valence-electron chi connectivity index (χ2n) is 4.35. The van der Waals surface area contributed by atoms with Crippen LogP contribution in [0.4, 0.5) is 0 Å². The zero-order chi connectivity index (χ0) is 12.8. The molecule has 0 aromatic carbocycles. The highest BCUT2D eigenvalue weighted by atomic mass is 16.4. The standard InChI is InChI=1S/C15H26O2/c1-2-3-4-5-6-7-8-9-10-11-12-13-14-15(16)17/h4-7H,2-3,8-14H2,1H3,(H,16,17)/b5-4+,7-6+. The molecule has 0 bridgehead atoms. The Labute approximate surface area is 105 Å². The molecule has 0 saturated heterocycles. The molecule has 98 valence electrons. The summed E-state index contributed by atoms with van der Waals surface area (Å²) in [5.74, 6) is -0.674. The number of aliphatic carboxylic acids is 1. The maximum Gasteiger partial charge on any atom is 0.303 e. The van der Waals surface area contributed by atoms with E-state index in [9.17, 15) is 4.79 Å². The highest BCUT2D eigenvalue weighted by Gasteiger charge is 1.95. The van der Waals surface area contributed by atoms with Crippen LogP contribution in [-0.2, 0) is 4.79 Å². The average molecular weight is 238 g/mol.